The summed E-state index contributed by atoms with van der Waals surface area (Å²) in [6.45, 7) is 11.2. The van der Waals surface area contributed by atoms with E-state index in [1.165, 1.54) is 6.42 Å². The molecule has 0 aromatic heterocycles. The summed E-state index contributed by atoms with van der Waals surface area (Å²) < 4.78 is 5.43. The van der Waals surface area contributed by atoms with Crippen LogP contribution in [0.3, 0.4) is 0 Å². The van der Waals surface area contributed by atoms with Gasteiger partial charge in [-0.25, -0.2) is 0 Å². The number of rotatable bonds is 5. The maximum Gasteiger partial charge on any atom is 0.174 e. The standard InChI is InChI=1S/C11H25ClOSi/c1-7-10(13-6)14(12)9(2)8-11(3,4)5/h9-10,14H,7-8H2,1-6H3. The first-order chi connectivity index (χ1) is 6.31. The summed E-state index contributed by atoms with van der Waals surface area (Å²) in [6.07, 6.45) is 2.25. The van der Waals surface area contributed by atoms with Crippen molar-refractivity contribution in [2.75, 3.05) is 7.11 Å². The van der Waals surface area contributed by atoms with Crippen molar-refractivity contribution in [1.82, 2.24) is 0 Å². The monoisotopic (exact) mass is 236 g/mol. The van der Waals surface area contributed by atoms with Gasteiger partial charge < -0.3 is 4.74 Å². The molecular formula is C11H25ClOSi. The lowest BCUT2D eigenvalue weighted by molar-refractivity contribution is 0.157. The molecule has 3 heteroatoms. The highest BCUT2D eigenvalue weighted by molar-refractivity contribution is 7.08. The third kappa shape index (κ3) is 5.37. The summed E-state index contributed by atoms with van der Waals surface area (Å²) in [5, 5.41) is 0. The zero-order chi connectivity index (χ0) is 11.4. The van der Waals surface area contributed by atoms with Crippen LogP contribution in [0.4, 0.5) is 0 Å². The average molecular weight is 237 g/mol. The fourth-order valence-electron chi connectivity index (χ4n) is 1.97. The van der Waals surface area contributed by atoms with Crippen molar-refractivity contribution in [3.8, 4) is 0 Å². The van der Waals surface area contributed by atoms with Crippen LogP contribution in [0.5, 0.6) is 0 Å². The molecule has 0 aromatic carbocycles. The van der Waals surface area contributed by atoms with Gasteiger partial charge in [0.15, 0.2) is 8.11 Å². The Hall–Kier alpha value is 0.467. The molecule has 0 amide bonds. The predicted octanol–water partition coefficient (Wildman–Crippen LogP) is 3.74. The number of hydrogen-bond acceptors (Lipinski definition) is 1. The van der Waals surface area contributed by atoms with Gasteiger partial charge in [-0.2, -0.15) is 11.1 Å². The Morgan fingerprint density at radius 3 is 2.14 bits per heavy atom. The van der Waals surface area contributed by atoms with E-state index in [4.69, 9.17) is 15.8 Å². The number of ether oxygens (including phenoxy) is 1. The molecule has 3 unspecified atom stereocenters. The minimum Gasteiger partial charge on any atom is -0.384 e. The predicted molar refractivity (Wildman–Crippen MR) is 67.6 cm³/mol. The third-order valence-corrected chi connectivity index (χ3v) is 7.45. The topological polar surface area (TPSA) is 9.23 Å². The molecule has 0 rings (SSSR count). The molecule has 0 N–H and O–H groups in total. The van der Waals surface area contributed by atoms with Crippen LogP contribution < -0.4 is 0 Å². The third-order valence-electron chi connectivity index (χ3n) is 2.54. The molecule has 0 heterocycles. The molecule has 14 heavy (non-hydrogen) atoms. The highest BCUT2D eigenvalue weighted by atomic mass is 35.6. The molecular weight excluding hydrogens is 212 g/mol. The quantitative estimate of drug-likeness (QED) is 0.522. The van der Waals surface area contributed by atoms with Gasteiger partial charge in [0.2, 0.25) is 0 Å². The van der Waals surface area contributed by atoms with E-state index in [9.17, 15) is 0 Å². The van der Waals surface area contributed by atoms with E-state index < -0.39 is 8.11 Å². The van der Waals surface area contributed by atoms with Crippen LogP contribution in [-0.2, 0) is 4.74 Å². The SMILES string of the molecule is CCC(OC)[SiH](Cl)C(C)CC(C)(C)C. The molecule has 0 aliphatic rings. The number of methoxy groups -OCH3 is 1. The van der Waals surface area contributed by atoms with Crippen molar-refractivity contribution < 1.29 is 4.74 Å². The summed E-state index contributed by atoms with van der Waals surface area (Å²) in [4.78, 5) is 0. The van der Waals surface area contributed by atoms with Crippen LogP contribution in [0.1, 0.15) is 47.5 Å². The molecule has 0 fully saturated rings. The first-order valence-corrected chi connectivity index (χ1v) is 8.56. The molecule has 0 saturated carbocycles. The highest BCUT2D eigenvalue weighted by Crippen LogP contribution is 2.32. The minimum absolute atomic E-state index is 0.328. The van der Waals surface area contributed by atoms with Gasteiger partial charge in [-0.3, -0.25) is 0 Å². The van der Waals surface area contributed by atoms with Crippen LogP contribution >= 0.6 is 11.1 Å². The second-order valence-corrected chi connectivity index (χ2v) is 9.65. The molecule has 86 valence electrons. The number of hydrogen-bond donors (Lipinski definition) is 0. The molecule has 0 bridgehead atoms. The Balaban J connectivity index is 4.16. The first kappa shape index (κ1) is 14.5. The van der Waals surface area contributed by atoms with E-state index in [0.717, 1.165) is 6.42 Å². The second-order valence-electron chi connectivity index (χ2n) is 5.37. The lowest BCUT2D eigenvalue weighted by atomic mass is 9.91. The van der Waals surface area contributed by atoms with E-state index in [1.807, 2.05) is 0 Å². The molecule has 0 aromatic rings. The Bertz CT molecular complexity index is 152. The van der Waals surface area contributed by atoms with Gasteiger partial charge >= 0.3 is 0 Å². The van der Waals surface area contributed by atoms with Gasteiger partial charge in [0, 0.05) is 7.11 Å². The molecule has 1 nitrogen and oxygen atoms in total. The van der Waals surface area contributed by atoms with Gasteiger partial charge in [-0.1, -0.05) is 34.6 Å². The van der Waals surface area contributed by atoms with Crippen LogP contribution in [0.15, 0.2) is 0 Å². The highest BCUT2D eigenvalue weighted by Gasteiger charge is 2.28. The molecule has 0 aliphatic heterocycles. The van der Waals surface area contributed by atoms with Gasteiger partial charge in [0.25, 0.3) is 0 Å². The maximum absolute atomic E-state index is 6.52. The van der Waals surface area contributed by atoms with Crippen molar-refractivity contribution in [3.63, 3.8) is 0 Å². The fourth-order valence-corrected chi connectivity index (χ4v) is 5.45. The smallest absolute Gasteiger partial charge is 0.174 e. The van der Waals surface area contributed by atoms with E-state index in [2.05, 4.69) is 34.6 Å². The van der Waals surface area contributed by atoms with Crippen LogP contribution in [0.25, 0.3) is 0 Å². The molecule has 0 spiro atoms. The summed E-state index contributed by atoms with van der Waals surface area (Å²) >= 11 is 6.52. The average Bonchev–Trinajstić information content (AvgIpc) is 2.03. The van der Waals surface area contributed by atoms with Crippen molar-refractivity contribution in [2.45, 2.75) is 58.7 Å². The van der Waals surface area contributed by atoms with Crippen molar-refractivity contribution in [3.05, 3.63) is 0 Å². The van der Waals surface area contributed by atoms with Crippen molar-refractivity contribution in [2.24, 2.45) is 5.41 Å². The Kier molecular flexibility index (Phi) is 6.34. The van der Waals surface area contributed by atoms with Gasteiger partial charge in [0.05, 0.1) is 5.73 Å². The van der Waals surface area contributed by atoms with Crippen LogP contribution in [0, 0.1) is 5.41 Å². The number of halogens is 1. The normalized spacial score (nSPS) is 19.1. The first-order valence-electron chi connectivity index (χ1n) is 5.48. The van der Waals surface area contributed by atoms with E-state index in [-0.39, 0.29) is 0 Å². The Morgan fingerprint density at radius 2 is 1.86 bits per heavy atom. The van der Waals surface area contributed by atoms with Crippen molar-refractivity contribution >= 4 is 19.2 Å². The largest absolute Gasteiger partial charge is 0.384 e. The fraction of sp³-hybridized carbons (Fsp3) is 1.00. The second kappa shape index (κ2) is 6.14. The van der Waals surface area contributed by atoms with E-state index in [1.54, 1.807) is 7.11 Å². The van der Waals surface area contributed by atoms with Crippen LogP contribution in [0.2, 0.25) is 5.54 Å². The summed E-state index contributed by atoms with van der Waals surface area (Å²) in [7, 11) is 0.517. The van der Waals surface area contributed by atoms with Gasteiger partial charge in [-0.05, 0) is 23.8 Å². The van der Waals surface area contributed by atoms with Gasteiger partial charge in [-0.15, -0.1) is 0 Å². The molecule has 3 atom stereocenters. The zero-order valence-electron chi connectivity index (χ0n) is 10.4. The van der Waals surface area contributed by atoms with E-state index >= 15 is 0 Å². The lowest BCUT2D eigenvalue weighted by Gasteiger charge is -2.29. The summed E-state index contributed by atoms with van der Waals surface area (Å²) in [6, 6.07) is 0. The minimum atomic E-state index is -1.26. The molecule has 0 saturated heterocycles. The maximum atomic E-state index is 6.52. The van der Waals surface area contributed by atoms with Crippen LogP contribution in [-0.4, -0.2) is 20.9 Å². The Morgan fingerprint density at radius 1 is 1.36 bits per heavy atom. The van der Waals surface area contributed by atoms with Crippen molar-refractivity contribution in [1.29, 1.82) is 0 Å². The molecule has 0 aliphatic carbocycles. The summed E-state index contributed by atoms with van der Waals surface area (Å²) in [5.41, 5.74) is 1.35. The molecule has 0 radical (unpaired) electrons. The van der Waals surface area contributed by atoms with Gasteiger partial charge in [0.1, 0.15) is 0 Å². The zero-order valence-corrected chi connectivity index (χ0v) is 12.3. The lowest BCUT2D eigenvalue weighted by Crippen LogP contribution is -2.32. The Labute approximate surface area is 95.5 Å². The van der Waals surface area contributed by atoms with E-state index in [0.29, 0.717) is 16.7 Å². The summed E-state index contributed by atoms with van der Waals surface area (Å²) in [5.74, 6) is 0.